The summed E-state index contributed by atoms with van der Waals surface area (Å²) in [6, 6.07) is 4.11. The highest BCUT2D eigenvalue weighted by atomic mass is 32.1. The van der Waals surface area contributed by atoms with Crippen molar-refractivity contribution in [2.24, 2.45) is 5.73 Å². The van der Waals surface area contributed by atoms with E-state index in [1.54, 1.807) is 16.0 Å². The molecule has 0 saturated heterocycles. The van der Waals surface area contributed by atoms with E-state index in [0.717, 1.165) is 12.2 Å². The van der Waals surface area contributed by atoms with Crippen molar-refractivity contribution >= 4 is 11.3 Å². The Kier molecular flexibility index (Phi) is 2.37. The molecule has 0 amide bonds. The highest BCUT2D eigenvalue weighted by Gasteiger charge is 1.99. The van der Waals surface area contributed by atoms with Gasteiger partial charge in [-0.2, -0.15) is 0 Å². The molecule has 2 aromatic heterocycles. The Bertz CT molecular complexity index is 365. The zero-order valence-corrected chi connectivity index (χ0v) is 7.87. The second-order valence-electron chi connectivity index (χ2n) is 2.69. The summed E-state index contributed by atoms with van der Waals surface area (Å²) in [5.41, 5.74) is 6.25. The van der Waals surface area contributed by atoms with Gasteiger partial charge in [-0.3, -0.25) is 0 Å². The van der Waals surface area contributed by atoms with Gasteiger partial charge in [0, 0.05) is 11.4 Å². The predicted octanol–water partition coefficient (Wildman–Crippen LogP) is 0.847. The maximum Gasteiger partial charge on any atom is 0.0962 e. The van der Waals surface area contributed by atoms with Crippen molar-refractivity contribution in [3.8, 4) is 0 Å². The summed E-state index contributed by atoms with van der Waals surface area (Å²) in [6.45, 7) is 1.23. The molecule has 13 heavy (non-hydrogen) atoms. The molecule has 0 atom stereocenters. The van der Waals surface area contributed by atoms with Crippen molar-refractivity contribution in [1.29, 1.82) is 0 Å². The van der Waals surface area contributed by atoms with Crippen molar-refractivity contribution in [3.05, 3.63) is 34.3 Å². The van der Waals surface area contributed by atoms with E-state index < -0.39 is 0 Å². The fraction of sp³-hybridized carbons (Fsp3) is 0.250. The van der Waals surface area contributed by atoms with Gasteiger partial charge in [0.05, 0.1) is 18.4 Å². The third-order valence-corrected chi connectivity index (χ3v) is 2.55. The smallest absolute Gasteiger partial charge is 0.0962 e. The first kappa shape index (κ1) is 8.40. The van der Waals surface area contributed by atoms with E-state index >= 15 is 0 Å². The standard InChI is InChI=1S/C8H10N4S/c9-4-7-5-12(11-10-7)6-8-2-1-3-13-8/h1-3,5H,4,6,9H2. The summed E-state index contributed by atoms with van der Waals surface area (Å²) in [6.07, 6.45) is 1.87. The van der Waals surface area contributed by atoms with Crippen molar-refractivity contribution in [2.45, 2.75) is 13.1 Å². The Balaban J connectivity index is 2.10. The molecule has 0 aliphatic carbocycles. The van der Waals surface area contributed by atoms with Crippen LogP contribution in [0.15, 0.2) is 23.7 Å². The van der Waals surface area contributed by atoms with Gasteiger partial charge < -0.3 is 5.73 Å². The summed E-state index contributed by atoms with van der Waals surface area (Å²) in [5.74, 6) is 0. The predicted molar refractivity (Wildman–Crippen MR) is 51.3 cm³/mol. The molecular formula is C8H10N4S. The first-order chi connectivity index (χ1) is 6.38. The van der Waals surface area contributed by atoms with Crippen molar-refractivity contribution < 1.29 is 0 Å². The summed E-state index contributed by atoms with van der Waals surface area (Å²) in [5, 5.41) is 9.91. The van der Waals surface area contributed by atoms with Crippen LogP contribution in [0.1, 0.15) is 10.6 Å². The van der Waals surface area contributed by atoms with Crippen LogP contribution >= 0.6 is 11.3 Å². The lowest BCUT2D eigenvalue weighted by molar-refractivity contribution is 0.655. The van der Waals surface area contributed by atoms with E-state index in [9.17, 15) is 0 Å². The van der Waals surface area contributed by atoms with Crippen LogP contribution in [-0.2, 0) is 13.1 Å². The molecule has 0 aliphatic heterocycles. The van der Waals surface area contributed by atoms with E-state index in [0.29, 0.717) is 6.54 Å². The quantitative estimate of drug-likeness (QED) is 0.788. The number of rotatable bonds is 3. The van der Waals surface area contributed by atoms with E-state index in [4.69, 9.17) is 5.73 Å². The van der Waals surface area contributed by atoms with Crippen LogP contribution in [0.4, 0.5) is 0 Å². The van der Waals surface area contributed by atoms with Gasteiger partial charge in [0.1, 0.15) is 0 Å². The zero-order valence-electron chi connectivity index (χ0n) is 7.05. The molecule has 68 valence electrons. The molecule has 0 radical (unpaired) electrons. The summed E-state index contributed by atoms with van der Waals surface area (Å²) < 4.78 is 1.80. The van der Waals surface area contributed by atoms with E-state index in [-0.39, 0.29) is 0 Å². The van der Waals surface area contributed by atoms with E-state index in [1.807, 2.05) is 12.3 Å². The van der Waals surface area contributed by atoms with Gasteiger partial charge in [-0.25, -0.2) is 4.68 Å². The highest BCUT2D eigenvalue weighted by Crippen LogP contribution is 2.09. The Morgan fingerprint density at radius 1 is 1.54 bits per heavy atom. The molecule has 2 aromatic rings. The molecule has 0 saturated carbocycles. The molecule has 4 nitrogen and oxygen atoms in total. The third-order valence-electron chi connectivity index (χ3n) is 1.69. The largest absolute Gasteiger partial charge is 0.325 e. The van der Waals surface area contributed by atoms with Gasteiger partial charge in [0.15, 0.2) is 0 Å². The molecule has 2 heterocycles. The number of thiophene rings is 1. The van der Waals surface area contributed by atoms with E-state index in [2.05, 4.69) is 21.8 Å². The van der Waals surface area contributed by atoms with Crippen LogP contribution in [0.3, 0.4) is 0 Å². The van der Waals surface area contributed by atoms with Crippen LogP contribution in [-0.4, -0.2) is 15.0 Å². The average molecular weight is 194 g/mol. The summed E-state index contributed by atoms with van der Waals surface area (Å²) in [7, 11) is 0. The zero-order chi connectivity index (χ0) is 9.10. The molecule has 0 aliphatic rings. The summed E-state index contributed by atoms with van der Waals surface area (Å²) >= 11 is 1.71. The topological polar surface area (TPSA) is 56.7 Å². The molecule has 0 aromatic carbocycles. The third kappa shape index (κ3) is 1.93. The average Bonchev–Trinajstić information content (AvgIpc) is 2.76. The first-order valence-corrected chi connectivity index (χ1v) is 4.88. The molecule has 2 N–H and O–H groups in total. The molecule has 5 heteroatoms. The molecule has 0 fully saturated rings. The Hall–Kier alpha value is -1.20. The Morgan fingerprint density at radius 2 is 2.46 bits per heavy atom. The van der Waals surface area contributed by atoms with Gasteiger partial charge in [-0.1, -0.05) is 11.3 Å². The summed E-state index contributed by atoms with van der Waals surface area (Å²) in [4.78, 5) is 1.27. The SMILES string of the molecule is NCc1cn(Cc2cccs2)nn1. The second-order valence-corrected chi connectivity index (χ2v) is 3.72. The van der Waals surface area contributed by atoms with Crippen molar-refractivity contribution in [1.82, 2.24) is 15.0 Å². The molecule has 2 rings (SSSR count). The van der Waals surface area contributed by atoms with Gasteiger partial charge in [0.25, 0.3) is 0 Å². The van der Waals surface area contributed by atoms with Crippen molar-refractivity contribution in [3.63, 3.8) is 0 Å². The van der Waals surface area contributed by atoms with Crippen LogP contribution < -0.4 is 5.73 Å². The van der Waals surface area contributed by atoms with Crippen LogP contribution in [0.2, 0.25) is 0 Å². The molecule has 0 spiro atoms. The number of hydrogen-bond acceptors (Lipinski definition) is 4. The first-order valence-electron chi connectivity index (χ1n) is 4.00. The minimum absolute atomic E-state index is 0.449. The van der Waals surface area contributed by atoms with Crippen LogP contribution in [0.5, 0.6) is 0 Å². The fourth-order valence-corrected chi connectivity index (χ4v) is 1.77. The van der Waals surface area contributed by atoms with E-state index in [1.165, 1.54) is 4.88 Å². The van der Waals surface area contributed by atoms with Gasteiger partial charge in [-0.15, -0.1) is 16.4 Å². The number of nitrogens with zero attached hydrogens (tertiary/aromatic N) is 3. The normalized spacial score (nSPS) is 10.5. The lowest BCUT2D eigenvalue weighted by atomic mass is 10.4. The van der Waals surface area contributed by atoms with Gasteiger partial charge in [-0.05, 0) is 11.4 Å². The molecular weight excluding hydrogens is 184 g/mol. The maximum atomic E-state index is 5.42. The highest BCUT2D eigenvalue weighted by molar-refractivity contribution is 7.09. The molecule has 0 unspecified atom stereocenters. The van der Waals surface area contributed by atoms with Crippen molar-refractivity contribution in [2.75, 3.05) is 0 Å². The van der Waals surface area contributed by atoms with Crippen LogP contribution in [0, 0.1) is 0 Å². The number of nitrogens with two attached hydrogens (primary N) is 1. The maximum absolute atomic E-state index is 5.42. The minimum Gasteiger partial charge on any atom is -0.325 e. The molecule has 0 bridgehead atoms. The lowest BCUT2D eigenvalue weighted by Gasteiger charge is -1.94. The lowest BCUT2D eigenvalue weighted by Crippen LogP contribution is -1.98. The van der Waals surface area contributed by atoms with Crippen LogP contribution in [0.25, 0.3) is 0 Å². The number of hydrogen-bond donors (Lipinski definition) is 1. The van der Waals surface area contributed by atoms with Gasteiger partial charge in [0.2, 0.25) is 0 Å². The number of aromatic nitrogens is 3. The minimum atomic E-state index is 0.449. The van der Waals surface area contributed by atoms with Gasteiger partial charge >= 0.3 is 0 Å². The second kappa shape index (κ2) is 3.68. The fourth-order valence-electron chi connectivity index (χ4n) is 1.07. The Labute approximate surface area is 80.0 Å². The monoisotopic (exact) mass is 194 g/mol. The Morgan fingerprint density at radius 3 is 3.08 bits per heavy atom.